The van der Waals surface area contributed by atoms with Gasteiger partial charge in [-0.05, 0) is 25.0 Å². The summed E-state index contributed by atoms with van der Waals surface area (Å²) in [4.78, 5) is 43.3. The first-order valence-electron chi connectivity index (χ1n) is 11.3. The number of primary amides is 1. The summed E-state index contributed by atoms with van der Waals surface area (Å²) in [6.07, 6.45) is 1.92. The maximum absolute atomic E-state index is 14.2. The molecule has 12 heteroatoms. The minimum Gasteiger partial charge on any atom is -0.379 e. The number of benzene rings is 1. The summed E-state index contributed by atoms with van der Waals surface area (Å²) in [6.45, 7) is 1.82. The number of rotatable bonds is 10. The molecule has 0 saturated carbocycles. The van der Waals surface area contributed by atoms with E-state index < -0.39 is 41.4 Å². The van der Waals surface area contributed by atoms with Gasteiger partial charge in [0.25, 0.3) is 5.91 Å². The first-order chi connectivity index (χ1) is 17.2. The van der Waals surface area contributed by atoms with Crippen molar-refractivity contribution in [1.82, 2.24) is 15.2 Å². The highest BCUT2D eigenvalue weighted by molar-refractivity contribution is 6.44. The zero-order valence-electron chi connectivity index (χ0n) is 19.9. The Balaban J connectivity index is 1.72. The smallest absolute Gasteiger partial charge is 0.267 e. The number of halogens is 2. The van der Waals surface area contributed by atoms with Gasteiger partial charge in [0.15, 0.2) is 0 Å². The lowest BCUT2D eigenvalue weighted by Gasteiger charge is -2.27. The van der Waals surface area contributed by atoms with Gasteiger partial charge < -0.3 is 26.0 Å². The number of anilines is 1. The van der Waals surface area contributed by atoms with E-state index in [1.807, 2.05) is 6.92 Å². The summed E-state index contributed by atoms with van der Waals surface area (Å²) in [5, 5.41) is 13.5. The van der Waals surface area contributed by atoms with Gasteiger partial charge in [-0.15, -0.1) is 0 Å². The van der Waals surface area contributed by atoms with E-state index in [2.05, 4.69) is 15.6 Å². The van der Waals surface area contributed by atoms with Crippen LogP contribution in [0, 0.1) is 11.2 Å². The van der Waals surface area contributed by atoms with E-state index in [1.165, 1.54) is 30.3 Å². The minimum absolute atomic E-state index is 0.0505. The summed E-state index contributed by atoms with van der Waals surface area (Å²) >= 11 is 5.81. The van der Waals surface area contributed by atoms with Crippen LogP contribution in [-0.2, 0) is 32.1 Å². The van der Waals surface area contributed by atoms with E-state index in [-0.39, 0.29) is 35.8 Å². The van der Waals surface area contributed by atoms with Gasteiger partial charge in [0.05, 0.1) is 29.6 Å². The average molecular weight is 519 g/mol. The zero-order chi connectivity index (χ0) is 26.4. The molecule has 5 N–H and O–H groups in total. The van der Waals surface area contributed by atoms with E-state index in [0.717, 1.165) is 0 Å². The molecule has 1 saturated heterocycles. The molecule has 1 fully saturated rings. The van der Waals surface area contributed by atoms with Crippen LogP contribution in [0.15, 0.2) is 30.5 Å². The predicted octanol–water partition coefficient (Wildman–Crippen LogP) is 1.63. The molecule has 0 spiro atoms. The van der Waals surface area contributed by atoms with Crippen molar-refractivity contribution in [1.29, 1.82) is 5.41 Å². The number of aromatic nitrogens is 1. The average Bonchev–Trinajstić information content (AvgIpc) is 3.31. The molecule has 1 aromatic heterocycles. The molecular formula is C24H28ClFN6O4. The topological polar surface area (TPSA) is 150 Å². The fraction of sp³-hybridized carbons (Fsp3) is 0.375. The number of nitrogens with one attached hydrogen (secondary N) is 3. The molecule has 3 amide bonds. The number of nitrogens with two attached hydrogens (primary N) is 1. The van der Waals surface area contributed by atoms with Gasteiger partial charge in [0, 0.05) is 37.0 Å². The number of nitrogens with zero attached hydrogens (tertiary/aromatic N) is 2. The Kier molecular flexibility index (Phi) is 8.94. The number of carbonyl (C=O) groups excluding carboxylic acids is 3. The SMILES string of the molecule is CCc1cc(C(=N)C(N)=O)c(NCC(=O)N2CC[C@@H](OC)[C@H]2C(=O)NCc2cccc(Cl)c2F)cn1. The Morgan fingerprint density at radius 2 is 2.11 bits per heavy atom. The first-order valence-corrected chi connectivity index (χ1v) is 11.7. The van der Waals surface area contributed by atoms with Crippen LogP contribution >= 0.6 is 11.6 Å². The molecular weight excluding hydrogens is 491 g/mol. The number of aryl methyl sites for hydroxylation is 1. The molecule has 2 atom stereocenters. The fourth-order valence-corrected chi connectivity index (χ4v) is 4.21. The standard InChI is InChI=1S/C24H28ClFN6O4/c1-3-14-9-15(21(27)23(28)34)17(11-29-14)30-12-19(33)32-8-7-18(36-2)22(32)24(35)31-10-13-5-4-6-16(25)20(13)26/h4-6,9,11,18,22,27,30H,3,7-8,10,12H2,1-2H3,(H2,28,34)(H,31,35)/t18-,22+/m1/s1. The van der Waals surface area contributed by atoms with E-state index in [0.29, 0.717) is 24.2 Å². The van der Waals surface area contributed by atoms with Gasteiger partial charge in [-0.2, -0.15) is 0 Å². The molecule has 3 rings (SSSR count). The second-order valence-electron chi connectivity index (χ2n) is 8.19. The second kappa shape index (κ2) is 11.9. The maximum atomic E-state index is 14.2. The lowest BCUT2D eigenvalue weighted by molar-refractivity contribution is -0.140. The fourth-order valence-electron chi connectivity index (χ4n) is 4.02. The van der Waals surface area contributed by atoms with Crippen molar-refractivity contribution in [3.63, 3.8) is 0 Å². The molecule has 1 aliphatic heterocycles. The second-order valence-corrected chi connectivity index (χ2v) is 8.60. The van der Waals surface area contributed by atoms with Crippen LogP contribution in [0.1, 0.15) is 30.2 Å². The summed E-state index contributed by atoms with van der Waals surface area (Å²) in [5.41, 5.74) is 6.27. The van der Waals surface area contributed by atoms with E-state index in [4.69, 9.17) is 27.5 Å². The van der Waals surface area contributed by atoms with Crippen LogP contribution in [0.2, 0.25) is 5.02 Å². The molecule has 1 aromatic carbocycles. The zero-order valence-corrected chi connectivity index (χ0v) is 20.7. The summed E-state index contributed by atoms with van der Waals surface area (Å²) in [6, 6.07) is 5.15. The Bertz CT molecular complexity index is 1180. The van der Waals surface area contributed by atoms with Gasteiger partial charge >= 0.3 is 0 Å². The Morgan fingerprint density at radius 3 is 2.78 bits per heavy atom. The number of amides is 3. The lowest BCUT2D eigenvalue weighted by Crippen LogP contribution is -2.51. The van der Waals surface area contributed by atoms with Crippen molar-refractivity contribution in [3.8, 4) is 0 Å². The van der Waals surface area contributed by atoms with Gasteiger partial charge in [-0.3, -0.25) is 24.8 Å². The van der Waals surface area contributed by atoms with Crippen LogP contribution < -0.4 is 16.4 Å². The van der Waals surface area contributed by atoms with Gasteiger partial charge in [0.1, 0.15) is 17.6 Å². The van der Waals surface area contributed by atoms with Crippen molar-refractivity contribution in [2.24, 2.45) is 5.73 Å². The number of ether oxygens (including phenoxy) is 1. The van der Waals surface area contributed by atoms with Gasteiger partial charge in [-0.1, -0.05) is 30.7 Å². The van der Waals surface area contributed by atoms with E-state index in [1.54, 1.807) is 12.1 Å². The molecule has 2 heterocycles. The summed E-state index contributed by atoms with van der Waals surface area (Å²) < 4.78 is 19.6. The van der Waals surface area contributed by atoms with Gasteiger partial charge in [0.2, 0.25) is 11.8 Å². The highest BCUT2D eigenvalue weighted by Crippen LogP contribution is 2.23. The van der Waals surface area contributed by atoms with Crippen molar-refractivity contribution in [3.05, 3.63) is 58.1 Å². The van der Waals surface area contributed by atoms with E-state index >= 15 is 0 Å². The number of methoxy groups -OCH3 is 1. The highest BCUT2D eigenvalue weighted by Gasteiger charge is 2.42. The third-order valence-electron chi connectivity index (χ3n) is 5.99. The quantitative estimate of drug-likeness (QED) is 0.351. The van der Waals surface area contributed by atoms with Crippen LogP contribution in [0.5, 0.6) is 0 Å². The third kappa shape index (κ3) is 5.97. The number of hydrogen-bond donors (Lipinski definition) is 4. The summed E-state index contributed by atoms with van der Waals surface area (Å²) in [5.74, 6) is -2.42. The first kappa shape index (κ1) is 27.0. The highest BCUT2D eigenvalue weighted by atomic mass is 35.5. The van der Waals surface area contributed by atoms with Crippen LogP contribution in [0.4, 0.5) is 10.1 Å². The van der Waals surface area contributed by atoms with Crippen LogP contribution in [0.25, 0.3) is 0 Å². The molecule has 36 heavy (non-hydrogen) atoms. The molecule has 10 nitrogen and oxygen atoms in total. The molecule has 1 aliphatic rings. The van der Waals surface area contributed by atoms with Crippen LogP contribution in [0.3, 0.4) is 0 Å². The summed E-state index contributed by atoms with van der Waals surface area (Å²) in [7, 11) is 1.45. The molecule has 0 radical (unpaired) electrons. The van der Waals surface area contributed by atoms with Gasteiger partial charge in [-0.25, -0.2) is 4.39 Å². The monoisotopic (exact) mass is 518 g/mol. The van der Waals surface area contributed by atoms with Crippen molar-refractivity contribution >= 4 is 40.7 Å². The number of carbonyl (C=O) groups is 3. The molecule has 0 bridgehead atoms. The number of hydrogen-bond acceptors (Lipinski definition) is 7. The molecule has 0 aliphatic carbocycles. The van der Waals surface area contributed by atoms with Crippen LogP contribution in [-0.4, -0.2) is 65.7 Å². The lowest BCUT2D eigenvalue weighted by atomic mass is 10.1. The minimum atomic E-state index is -0.921. The normalized spacial score (nSPS) is 17.1. The van der Waals surface area contributed by atoms with Crippen molar-refractivity contribution in [2.75, 3.05) is 25.5 Å². The molecule has 192 valence electrons. The number of likely N-dealkylation sites (tertiary alicyclic amines) is 1. The largest absolute Gasteiger partial charge is 0.379 e. The predicted molar refractivity (Wildman–Crippen MR) is 132 cm³/mol. The Hall–Kier alpha value is -3.57. The van der Waals surface area contributed by atoms with Crippen molar-refractivity contribution < 1.29 is 23.5 Å². The van der Waals surface area contributed by atoms with Crippen molar-refractivity contribution in [2.45, 2.75) is 38.5 Å². The molecule has 2 aromatic rings. The number of pyridine rings is 1. The third-order valence-corrected chi connectivity index (χ3v) is 6.28. The Morgan fingerprint density at radius 1 is 1.36 bits per heavy atom. The van der Waals surface area contributed by atoms with E-state index in [9.17, 15) is 18.8 Å². The Labute approximate surface area is 212 Å². The molecule has 0 unspecified atom stereocenters. The maximum Gasteiger partial charge on any atom is 0.267 e.